The molecule has 1 fully saturated rings. The van der Waals surface area contributed by atoms with Crippen LogP contribution < -0.4 is 0 Å². The predicted octanol–water partition coefficient (Wildman–Crippen LogP) is 4.49. The third-order valence-corrected chi connectivity index (χ3v) is 3.92. The lowest BCUT2D eigenvalue weighted by Gasteiger charge is -2.13. The number of hydrogen-bond donors (Lipinski definition) is 0. The summed E-state index contributed by atoms with van der Waals surface area (Å²) in [6.45, 7) is 6.40. The molecular weight excluding hydrogens is 208 g/mol. The monoisotopic (exact) mass is 230 g/mol. The number of ketones is 1. The zero-order valence-electron chi connectivity index (χ0n) is 11.1. The fourth-order valence-corrected chi connectivity index (χ4v) is 2.67. The van der Waals surface area contributed by atoms with Gasteiger partial charge in [-0.05, 0) is 42.9 Å². The average Bonchev–Trinajstić information content (AvgIpc) is 2.81. The van der Waals surface area contributed by atoms with Crippen LogP contribution in [0.5, 0.6) is 0 Å². The number of carbonyl (C=O) groups is 1. The summed E-state index contributed by atoms with van der Waals surface area (Å²) in [7, 11) is 0. The smallest absolute Gasteiger partial charge is 0.166 e. The van der Waals surface area contributed by atoms with Gasteiger partial charge in [-0.2, -0.15) is 0 Å². The van der Waals surface area contributed by atoms with Gasteiger partial charge in [0.1, 0.15) is 0 Å². The van der Waals surface area contributed by atoms with Crippen LogP contribution in [0.15, 0.2) is 18.2 Å². The van der Waals surface area contributed by atoms with E-state index in [1.54, 1.807) is 0 Å². The van der Waals surface area contributed by atoms with E-state index in [9.17, 15) is 4.79 Å². The van der Waals surface area contributed by atoms with Crippen molar-refractivity contribution < 1.29 is 4.79 Å². The van der Waals surface area contributed by atoms with E-state index in [2.05, 4.69) is 32.0 Å². The Morgan fingerprint density at radius 3 is 2.47 bits per heavy atom. The first-order chi connectivity index (χ1) is 8.09. The van der Waals surface area contributed by atoms with Gasteiger partial charge in [0.05, 0.1) is 0 Å². The molecule has 0 amide bonds. The summed E-state index contributed by atoms with van der Waals surface area (Å²) in [6, 6.07) is 6.35. The van der Waals surface area contributed by atoms with E-state index in [-0.39, 0.29) is 5.92 Å². The molecule has 1 aromatic rings. The molecule has 0 spiro atoms. The molecule has 92 valence electrons. The molecule has 1 heteroatoms. The maximum atomic E-state index is 12.4. The Morgan fingerprint density at radius 2 is 1.88 bits per heavy atom. The van der Waals surface area contributed by atoms with Gasteiger partial charge < -0.3 is 0 Å². The van der Waals surface area contributed by atoms with Crippen molar-refractivity contribution in [3.05, 3.63) is 34.9 Å². The molecule has 0 radical (unpaired) electrons. The Bertz CT molecular complexity index is 412. The molecule has 1 aliphatic rings. The quantitative estimate of drug-likeness (QED) is 0.699. The van der Waals surface area contributed by atoms with E-state index in [4.69, 9.17) is 0 Å². The predicted molar refractivity (Wildman–Crippen MR) is 71.6 cm³/mol. The van der Waals surface area contributed by atoms with Gasteiger partial charge in [0.25, 0.3) is 0 Å². The van der Waals surface area contributed by atoms with Gasteiger partial charge in [-0.15, -0.1) is 0 Å². The number of benzene rings is 1. The van der Waals surface area contributed by atoms with Crippen LogP contribution in [-0.4, -0.2) is 5.78 Å². The third-order valence-electron chi connectivity index (χ3n) is 3.92. The van der Waals surface area contributed by atoms with E-state index in [1.165, 1.54) is 18.4 Å². The first-order valence-corrected chi connectivity index (χ1v) is 6.74. The van der Waals surface area contributed by atoms with Crippen LogP contribution in [0.1, 0.15) is 66.9 Å². The first-order valence-electron chi connectivity index (χ1n) is 6.74. The molecular formula is C16H22O. The van der Waals surface area contributed by atoms with Crippen LogP contribution in [-0.2, 0) is 0 Å². The van der Waals surface area contributed by atoms with Crippen molar-refractivity contribution >= 4 is 5.78 Å². The zero-order chi connectivity index (χ0) is 12.4. The SMILES string of the molecule is Cc1ccc(C(C)C)cc1C(=O)C1CCCC1. The fourth-order valence-electron chi connectivity index (χ4n) is 2.67. The first kappa shape index (κ1) is 12.3. The van der Waals surface area contributed by atoms with Crippen LogP contribution in [0.25, 0.3) is 0 Å². The standard InChI is InChI=1S/C16H22O/c1-11(2)14-9-8-12(3)15(10-14)16(17)13-6-4-5-7-13/h8-11,13H,4-7H2,1-3H3. The highest BCUT2D eigenvalue weighted by molar-refractivity contribution is 5.99. The number of hydrogen-bond acceptors (Lipinski definition) is 1. The summed E-state index contributed by atoms with van der Waals surface area (Å²) in [6.07, 6.45) is 4.62. The van der Waals surface area contributed by atoms with Gasteiger partial charge in [0, 0.05) is 11.5 Å². The molecule has 1 saturated carbocycles. The molecule has 1 aromatic carbocycles. The van der Waals surface area contributed by atoms with E-state index in [1.807, 2.05) is 6.92 Å². The molecule has 1 nitrogen and oxygen atoms in total. The minimum Gasteiger partial charge on any atom is -0.294 e. The molecule has 1 aliphatic carbocycles. The van der Waals surface area contributed by atoms with Gasteiger partial charge in [0.2, 0.25) is 0 Å². The minimum atomic E-state index is 0.288. The molecule has 2 rings (SSSR count). The highest BCUT2D eigenvalue weighted by Gasteiger charge is 2.25. The molecule has 0 aliphatic heterocycles. The van der Waals surface area contributed by atoms with Crippen molar-refractivity contribution in [2.75, 3.05) is 0 Å². The summed E-state index contributed by atoms with van der Waals surface area (Å²) in [5.74, 6) is 1.16. The Labute approximate surface area is 104 Å². The maximum absolute atomic E-state index is 12.4. The van der Waals surface area contributed by atoms with Crippen LogP contribution in [0, 0.1) is 12.8 Å². The van der Waals surface area contributed by atoms with Crippen molar-refractivity contribution in [3.8, 4) is 0 Å². The largest absolute Gasteiger partial charge is 0.294 e. The Hall–Kier alpha value is -1.11. The van der Waals surface area contributed by atoms with Gasteiger partial charge in [-0.1, -0.05) is 38.8 Å². The normalized spacial score (nSPS) is 16.7. The molecule has 0 N–H and O–H groups in total. The van der Waals surface area contributed by atoms with E-state index in [0.717, 1.165) is 24.0 Å². The number of Topliss-reactive ketones (excluding diaryl/α,β-unsaturated/α-hetero) is 1. The summed E-state index contributed by atoms with van der Waals surface area (Å²) in [5.41, 5.74) is 3.37. The van der Waals surface area contributed by atoms with Crippen molar-refractivity contribution in [1.29, 1.82) is 0 Å². The van der Waals surface area contributed by atoms with Crippen LogP contribution in [0.2, 0.25) is 0 Å². The number of aryl methyl sites for hydroxylation is 1. The lowest BCUT2D eigenvalue weighted by molar-refractivity contribution is 0.0922. The van der Waals surface area contributed by atoms with Crippen molar-refractivity contribution in [3.63, 3.8) is 0 Å². The second-order valence-corrected chi connectivity index (χ2v) is 5.57. The Morgan fingerprint density at radius 1 is 1.24 bits per heavy atom. The fraction of sp³-hybridized carbons (Fsp3) is 0.562. The minimum absolute atomic E-state index is 0.288. The summed E-state index contributed by atoms with van der Waals surface area (Å²) in [5, 5.41) is 0. The Kier molecular flexibility index (Phi) is 3.66. The van der Waals surface area contributed by atoms with Gasteiger partial charge >= 0.3 is 0 Å². The van der Waals surface area contributed by atoms with E-state index < -0.39 is 0 Å². The summed E-state index contributed by atoms with van der Waals surface area (Å²) >= 11 is 0. The molecule has 0 aromatic heterocycles. The van der Waals surface area contributed by atoms with Crippen molar-refractivity contribution in [2.45, 2.75) is 52.4 Å². The van der Waals surface area contributed by atoms with E-state index in [0.29, 0.717) is 11.7 Å². The van der Waals surface area contributed by atoms with Gasteiger partial charge in [-0.25, -0.2) is 0 Å². The molecule has 0 atom stereocenters. The summed E-state index contributed by atoms with van der Waals surface area (Å²) in [4.78, 5) is 12.4. The van der Waals surface area contributed by atoms with Crippen LogP contribution in [0.4, 0.5) is 0 Å². The zero-order valence-corrected chi connectivity index (χ0v) is 11.1. The molecule has 0 unspecified atom stereocenters. The van der Waals surface area contributed by atoms with E-state index >= 15 is 0 Å². The second kappa shape index (κ2) is 5.03. The molecule has 0 heterocycles. The molecule has 17 heavy (non-hydrogen) atoms. The van der Waals surface area contributed by atoms with Crippen molar-refractivity contribution in [2.24, 2.45) is 5.92 Å². The number of carbonyl (C=O) groups excluding carboxylic acids is 1. The second-order valence-electron chi connectivity index (χ2n) is 5.57. The van der Waals surface area contributed by atoms with Crippen LogP contribution in [0.3, 0.4) is 0 Å². The lowest BCUT2D eigenvalue weighted by Crippen LogP contribution is -2.13. The highest BCUT2D eigenvalue weighted by atomic mass is 16.1. The average molecular weight is 230 g/mol. The third kappa shape index (κ3) is 2.59. The highest BCUT2D eigenvalue weighted by Crippen LogP contribution is 2.30. The topological polar surface area (TPSA) is 17.1 Å². The van der Waals surface area contributed by atoms with Crippen molar-refractivity contribution in [1.82, 2.24) is 0 Å². The maximum Gasteiger partial charge on any atom is 0.166 e. The van der Waals surface area contributed by atoms with Gasteiger partial charge in [-0.3, -0.25) is 4.79 Å². The summed E-state index contributed by atoms with van der Waals surface area (Å²) < 4.78 is 0. The lowest BCUT2D eigenvalue weighted by atomic mass is 9.90. The Balaban J connectivity index is 2.29. The van der Waals surface area contributed by atoms with Gasteiger partial charge in [0.15, 0.2) is 5.78 Å². The molecule has 0 saturated heterocycles. The molecule has 0 bridgehead atoms. The van der Waals surface area contributed by atoms with Crippen LogP contribution >= 0.6 is 0 Å². The number of rotatable bonds is 3.